The van der Waals surface area contributed by atoms with Gasteiger partial charge in [-0.25, -0.2) is 17.6 Å². The number of hydrogen-bond donors (Lipinski definition) is 0. The summed E-state index contributed by atoms with van der Waals surface area (Å²) in [6.07, 6.45) is -4.67. The Morgan fingerprint density at radius 3 is 0.968 bits per heavy atom. The number of alkyl halides is 3. The molecule has 10 rings (SSSR count). The van der Waals surface area contributed by atoms with E-state index in [-0.39, 0.29) is 5.69 Å². The fourth-order valence-electron chi connectivity index (χ4n) is 8.54. The molecule has 0 unspecified atom stereocenters. The first-order valence-electron chi connectivity index (χ1n) is 20.1. The second-order valence-electron chi connectivity index (χ2n) is 15.3. The average molecular weight is 840 g/mol. The zero-order valence-electron chi connectivity index (χ0n) is 33.1. The van der Waals surface area contributed by atoms with E-state index in [2.05, 4.69) is 0 Å². The highest BCUT2D eigenvalue weighted by Crippen LogP contribution is 2.43. The SMILES string of the molecule is Fc1ccccc1-c1cc(-c2ccc3c(c2)c2cc(-c4cc(-c5ccccc5F)cc(-c5ccccc5F)c4)ccc2n3-c2ccccc2C(F)(F)F)cc(-c2ccccc2F)c1. The average Bonchev–Trinajstić information content (AvgIpc) is 3.62. The topological polar surface area (TPSA) is 4.93 Å². The first-order chi connectivity index (χ1) is 30.5. The predicted molar refractivity (Wildman–Crippen MR) is 238 cm³/mol. The van der Waals surface area contributed by atoms with Gasteiger partial charge in [0.2, 0.25) is 0 Å². The minimum Gasteiger partial charge on any atom is -0.309 e. The molecule has 0 N–H and O–H groups in total. The fourth-order valence-corrected chi connectivity index (χ4v) is 8.54. The third-order valence-electron chi connectivity index (χ3n) is 11.5. The third-order valence-corrected chi connectivity index (χ3v) is 11.5. The van der Waals surface area contributed by atoms with E-state index in [0.29, 0.717) is 88.6 Å². The lowest BCUT2D eigenvalue weighted by molar-refractivity contribution is -0.137. The molecule has 0 aliphatic rings. The summed E-state index contributed by atoms with van der Waals surface area (Å²) in [5, 5.41) is 1.20. The van der Waals surface area contributed by atoms with Gasteiger partial charge < -0.3 is 4.57 Å². The molecule has 0 aliphatic heterocycles. The Labute approximate surface area is 357 Å². The Balaban J connectivity index is 1.24. The highest BCUT2D eigenvalue weighted by Gasteiger charge is 2.34. The molecule has 9 aromatic carbocycles. The summed E-state index contributed by atoms with van der Waals surface area (Å²) in [4.78, 5) is 0. The molecule has 0 spiro atoms. The summed E-state index contributed by atoms with van der Waals surface area (Å²) in [5.74, 6) is -1.83. The van der Waals surface area contributed by atoms with Gasteiger partial charge in [-0.1, -0.05) is 97.1 Å². The highest BCUT2D eigenvalue weighted by atomic mass is 19.4. The fraction of sp³-hybridized carbons (Fsp3) is 0.0182. The normalized spacial score (nSPS) is 11.7. The molecule has 1 heterocycles. The number of hydrogen-bond acceptors (Lipinski definition) is 0. The third kappa shape index (κ3) is 7.23. The summed E-state index contributed by atoms with van der Waals surface area (Å²) in [6, 6.07) is 52.2. The number of para-hydroxylation sites is 1. The maximum Gasteiger partial charge on any atom is 0.418 e. The molecule has 0 fully saturated rings. The van der Waals surface area contributed by atoms with E-state index in [4.69, 9.17) is 0 Å². The lowest BCUT2D eigenvalue weighted by Crippen LogP contribution is -2.10. The minimum absolute atomic E-state index is 0.0720. The second-order valence-corrected chi connectivity index (χ2v) is 15.3. The molecule has 10 aromatic rings. The van der Waals surface area contributed by atoms with Crippen LogP contribution in [0.3, 0.4) is 0 Å². The van der Waals surface area contributed by atoms with Crippen molar-refractivity contribution < 1.29 is 30.7 Å². The van der Waals surface area contributed by atoms with Crippen molar-refractivity contribution in [2.24, 2.45) is 0 Å². The number of nitrogens with zero attached hydrogens (tertiary/aromatic N) is 1. The van der Waals surface area contributed by atoms with Crippen molar-refractivity contribution in [3.63, 3.8) is 0 Å². The largest absolute Gasteiger partial charge is 0.418 e. The van der Waals surface area contributed by atoms with Gasteiger partial charge in [-0.2, -0.15) is 13.2 Å². The van der Waals surface area contributed by atoms with Crippen LogP contribution in [0.5, 0.6) is 0 Å². The van der Waals surface area contributed by atoms with Crippen LogP contribution in [0.15, 0.2) is 194 Å². The molecule has 1 nitrogen and oxygen atoms in total. The Morgan fingerprint density at radius 1 is 0.302 bits per heavy atom. The van der Waals surface area contributed by atoms with Crippen LogP contribution in [-0.2, 0) is 6.18 Å². The van der Waals surface area contributed by atoms with Crippen molar-refractivity contribution in [1.82, 2.24) is 4.57 Å². The molecule has 0 bridgehead atoms. The molecule has 0 radical (unpaired) electrons. The molecule has 0 aliphatic carbocycles. The van der Waals surface area contributed by atoms with Gasteiger partial charge in [-0.05, 0) is 142 Å². The predicted octanol–water partition coefficient (Wildman–Crippen LogP) is 16.4. The summed E-state index contributed by atoms with van der Waals surface area (Å²) in [5.41, 5.74) is 5.90. The molecule has 0 amide bonds. The van der Waals surface area contributed by atoms with Crippen molar-refractivity contribution in [3.8, 4) is 72.4 Å². The van der Waals surface area contributed by atoms with Gasteiger partial charge in [0.1, 0.15) is 23.3 Å². The summed E-state index contributed by atoms with van der Waals surface area (Å²) < 4.78 is 107. The van der Waals surface area contributed by atoms with Crippen LogP contribution in [0.2, 0.25) is 0 Å². The Kier molecular flexibility index (Phi) is 9.79. The number of aromatic nitrogens is 1. The molecule has 63 heavy (non-hydrogen) atoms. The van der Waals surface area contributed by atoms with Crippen molar-refractivity contribution in [1.29, 1.82) is 0 Å². The zero-order valence-corrected chi connectivity index (χ0v) is 33.1. The van der Waals surface area contributed by atoms with Crippen LogP contribution >= 0.6 is 0 Å². The Bertz CT molecular complexity index is 3070. The standard InChI is InChI=1S/C55H32F7N/c56-48-16-6-1-11-41(48)37-25-35(26-38(29-37)42-12-2-7-17-49(42)57)33-21-23-52-45(31-33)46-32-34(22-24-53(46)63(52)54-20-10-5-15-47(54)55(60,61)62)36-27-39(43-13-3-8-18-50(43)58)30-40(28-36)44-14-4-9-19-51(44)59/h1-32H. The lowest BCUT2D eigenvalue weighted by Gasteiger charge is -2.16. The van der Waals surface area contributed by atoms with E-state index in [1.165, 1.54) is 36.4 Å². The van der Waals surface area contributed by atoms with Crippen LogP contribution in [0.25, 0.3) is 94.3 Å². The van der Waals surface area contributed by atoms with Crippen molar-refractivity contribution in [3.05, 3.63) is 223 Å². The minimum atomic E-state index is -4.67. The van der Waals surface area contributed by atoms with Gasteiger partial charge >= 0.3 is 6.18 Å². The smallest absolute Gasteiger partial charge is 0.309 e. The number of benzene rings is 9. The van der Waals surface area contributed by atoms with E-state index in [1.807, 2.05) is 36.4 Å². The molecule has 306 valence electrons. The van der Waals surface area contributed by atoms with Gasteiger partial charge in [0.25, 0.3) is 0 Å². The number of halogens is 7. The Morgan fingerprint density at radius 2 is 0.619 bits per heavy atom. The molecule has 0 saturated heterocycles. The molecular weight excluding hydrogens is 808 g/mol. The zero-order chi connectivity index (χ0) is 43.4. The first kappa shape index (κ1) is 39.4. The van der Waals surface area contributed by atoms with Crippen LogP contribution in [0, 0.1) is 23.3 Å². The van der Waals surface area contributed by atoms with Gasteiger partial charge in [0.15, 0.2) is 0 Å². The first-order valence-corrected chi connectivity index (χ1v) is 20.1. The van der Waals surface area contributed by atoms with Crippen LogP contribution in [0.4, 0.5) is 30.7 Å². The van der Waals surface area contributed by atoms with E-state index in [1.54, 1.807) is 120 Å². The van der Waals surface area contributed by atoms with E-state index in [9.17, 15) is 13.2 Å². The number of fused-ring (bicyclic) bond motifs is 3. The maximum atomic E-state index is 15.4. The molecule has 1 aromatic heterocycles. The van der Waals surface area contributed by atoms with Gasteiger partial charge in [-0.3, -0.25) is 0 Å². The van der Waals surface area contributed by atoms with Crippen LogP contribution in [0.1, 0.15) is 5.56 Å². The molecule has 0 atom stereocenters. The lowest BCUT2D eigenvalue weighted by atomic mass is 9.91. The Hall–Kier alpha value is -7.71. The van der Waals surface area contributed by atoms with E-state index in [0.717, 1.165) is 6.07 Å². The van der Waals surface area contributed by atoms with Crippen LogP contribution in [-0.4, -0.2) is 4.57 Å². The maximum absolute atomic E-state index is 15.4. The van der Waals surface area contributed by atoms with Gasteiger partial charge in [0, 0.05) is 33.0 Å². The quantitative estimate of drug-likeness (QED) is 0.141. The van der Waals surface area contributed by atoms with Crippen molar-refractivity contribution in [2.45, 2.75) is 6.18 Å². The van der Waals surface area contributed by atoms with Gasteiger partial charge in [-0.15, -0.1) is 0 Å². The van der Waals surface area contributed by atoms with Gasteiger partial charge in [0.05, 0.1) is 22.3 Å². The number of rotatable bonds is 7. The van der Waals surface area contributed by atoms with Crippen molar-refractivity contribution in [2.75, 3.05) is 0 Å². The van der Waals surface area contributed by atoms with E-state index >= 15 is 17.6 Å². The summed E-state index contributed by atoms with van der Waals surface area (Å²) in [7, 11) is 0. The summed E-state index contributed by atoms with van der Waals surface area (Å²) in [6.45, 7) is 0. The van der Waals surface area contributed by atoms with Crippen molar-refractivity contribution >= 4 is 21.8 Å². The van der Waals surface area contributed by atoms with Crippen LogP contribution < -0.4 is 0 Å². The molecule has 8 heteroatoms. The molecule has 0 saturated carbocycles. The van der Waals surface area contributed by atoms with E-state index < -0.39 is 35.0 Å². The second kappa shape index (κ2) is 15.6. The molecular formula is C55H32F7N. The monoisotopic (exact) mass is 839 g/mol. The highest BCUT2D eigenvalue weighted by molar-refractivity contribution is 6.12. The summed E-state index contributed by atoms with van der Waals surface area (Å²) >= 11 is 0.